The normalized spacial score (nSPS) is 12.5. The monoisotopic (exact) mass is 444 g/mol. The van der Waals surface area contributed by atoms with Crippen LogP contribution in [0.1, 0.15) is 64.9 Å². The molecule has 0 amide bonds. The van der Waals surface area contributed by atoms with Gasteiger partial charge in [-0.2, -0.15) is 0 Å². The van der Waals surface area contributed by atoms with Crippen LogP contribution < -0.4 is 0 Å². The van der Waals surface area contributed by atoms with Crippen molar-refractivity contribution in [3.8, 4) is 0 Å². The van der Waals surface area contributed by atoms with Gasteiger partial charge >= 0.3 is 140 Å². The molecular formula is C21H38GeO3S. The number of rotatable bonds is 14. The van der Waals surface area contributed by atoms with E-state index in [4.69, 9.17) is 4.18 Å². The van der Waals surface area contributed by atoms with Gasteiger partial charge in [0.2, 0.25) is 0 Å². The summed E-state index contributed by atoms with van der Waals surface area (Å²) in [6, 6.07) is 6.81. The molecule has 0 radical (unpaired) electrons. The number of aryl methyl sites for hydroxylation is 1. The first-order valence-corrected chi connectivity index (χ1v) is 17.7. The van der Waals surface area contributed by atoms with Crippen LogP contribution in [-0.4, -0.2) is 28.3 Å². The average molecular weight is 443 g/mol. The Morgan fingerprint density at radius 3 is 1.85 bits per heavy atom. The maximum absolute atomic E-state index is 12.1. The molecule has 0 unspecified atom stereocenters. The molecule has 0 spiro atoms. The zero-order valence-electron chi connectivity index (χ0n) is 17.2. The zero-order chi connectivity index (χ0) is 19.5. The quantitative estimate of drug-likeness (QED) is 0.186. The summed E-state index contributed by atoms with van der Waals surface area (Å²) in [6.45, 7) is 9.43. The molecule has 0 saturated carbocycles. The molecule has 0 saturated heterocycles. The molecule has 0 bridgehead atoms. The van der Waals surface area contributed by atoms with Gasteiger partial charge in [0.25, 0.3) is 0 Å². The van der Waals surface area contributed by atoms with Crippen LogP contribution in [0.4, 0.5) is 0 Å². The molecule has 0 N–H and O–H groups in total. The molecule has 1 aromatic carbocycles. The fourth-order valence-electron chi connectivity index (χ4n) is 3.53. The van der Waals surface area contributed by atoms with Crippen molar-refractivity contribution in [3.05, 3.63) is 29.8 Å². The van der Waals surface area contributed by atoms with Gasteiger partial charge in [-0.15, -0.1) is 0 Å². The Hall–Kier alpha value is -0.327. The summed E-state index contributed by atoms with van der Waals surface area (Å²) in [5, 5.41) is 5.95. The Morgan fingerprint density at radius 2 is 1.31 bits per heavy atom. The molecule has 0 aliphatic rings. The van der Waals surface area contributed by atoms with Crippen molar-refractivity contribution in [1.29, 1.82) is 0 Å². The van der Waals surface area contributed by atoms with E-state index in [-0.39, 0.29) is 11.5 Å². The Morgan fingerprint density at radius 1 is 0.808 bits per heavy atom. The maximum atomic E-state index is 12.1. The molecule has 3 nitrogen and oxygen atoms in total. The standard InChI is InChI=1S/C21H38GeO3S/c1-5-22(6-2,7-3)18-12-10-8-9-11-13-19-25-26(23,24)21-16-14-20(4)15-17-21/h14-17H,5-13,18-19H2,1-4H3. The molecule has 0 heterocycles. The minimum atomic E-state index is -3.60. The Labute approximate surface area is 164 Å². The summed E-state index contributed by atoms with van der Waals surface area (Å²) >= 11 is -1.47. The van der Waals surface area contributed by atoms with Crippen molar-refractivity contribution in [2.45, 2.75) is 92.1 Å². The van der Waals surface area contributed by atoms with Crippen LogP contribution in [0.3, 0.4) is 0 Å². The fourth-order valence-corrected chi connectivity index (χ4v) is 11.9. The topological polar surface area (TPSA) is 43.4 Å². The van der Waals surface area contributed by atoms with Gasteiger partial charge in [0.1, 0.15) is 0 Å². The van der Waals surface area contributed by atoms with Gasteiger partial charge in [-0.05, 0) is 6.92 Å². The predicted molar refractivity (Wildman–Crippen MR) is 114 cm³/mol. The van der Waals surface area contributed by atoms with Gasteiger partial charge in [0, 0.05) is 0 Å². The van der Waals surface area contributed by atoms with Crippen molar-refractivity contribution < 1.29 is 12.6 Å². The molecule has 1 aromatic rings. The number of hydrogen-bond donors (Lipinski definition) is 0. The summed E-state index contributed by atoms with van der Waals surface area (Å²) < 4.78 is 29.3. The van der Waals surface area contributed by atoms with E-state index in [9.17, 15) is 8.42 Å². The summed E-state index contributed by atoms with van der Waals surface area (Å²) in [6.07, 6.45) is 7.03. The van der Waals surface area contributed by atoms with Crippen LogP contribution >= 0.6 is 0 Å². The Bertz CT molecular complexity index is 584. The van der Waals surface area contributed by atoms with Gasteiger partial charge in [0.15, 0.2) is 0 Å². The van der Waals surface area contributed by atoms with Gasteiger partial charge in [0.05, 0.1) is 0 Å². The van der Waals surface area contributed by atoms with Crippen LogP contribution in [-0.2, 0) is 14.3 Å². The predicted octanol–water partition coefficient (Wildman–Crippen LogP) is 6.55. The summed E-state index contributed by atoms with van der Waals surface area (Å²) in [7, 11) is -3.60. The summed E-state index contributed by atoms with van der Waals surface area (Å²) in [5.74, 6) is 0. The van der Waals surface area contributed by atoms with E-state index in [0.29, 0.717) is 0 Å². The number of hydrogen-bond acceptors (Lipinski definition) is 3. The Balaban J connectivity index is 2.13. The van der Waals surface area contributed by atoms with Crippen LogP contribution in [0.15, 0.2) is 29.2 Å². The minimum Gasteiger partial charge on any atom is -0.0579 e. The van der Waals surface area contributed by atoms with Crippen LogP contribution in [0.25, 0.3) is 0 Å². The van der Waals surface area contributed by atoms with Gasteiger partial charge < -0.3 is 0 Å². The second kappa shape index (κ2) is 12.2. The average Bonchev–Trinajstić information content (AvgIpc) is 2.64. The van der Waals surface area contributed by atoms with E-state index in [1.165, 1.54) is 46.7 Å². The molecule has 0 aromatic heterocycles. The molecule has 150 valence electrons. The zero-order valence-corrected chi connectivity index (χ0v) is 20.1. The molecular weight excluding hydrogens is 405 g/mol. The van der Waals surface area contributed by atoms with E-state index in [1.54, 1.807) is 24.3 Å². The van der Waals surface area contributed by atoms with Crippen LogP contribution in [0, 0.1) is 6.92 Å². The van der Waals surface area contributed by atoms with Gasteiger partial charge in [-0.1, -0.05) is 17.7 Å². The van der Waals surface area contributed by atoms with Crippen molar-refractivity contribution >= 4 is 23.4 Å². The SMILES string of the molecule is C[CH2][Ge]([CH2]C)([CH2]C)[CH2]CCCCCCCOS(=O)(=O)c1ccc(C)cc1. The van der Waals surface area contributed by atoms with Crippen LogP contribution in [0.2, 0.25) is 21.0 Å². The molecule has 0 atom stereocenters. The van der Waals surface area contributed by atoms with E-state index in [1.807, 2.05) is 6.92 Å². The molecule has 0 fully saturated rings. The van der Waals surface area contributed by atoms with Gasteiger partial charge in [-0.25, -0.2) is 0 Å². The molecule has 5 heteroatoms. The fraction of sp³-hybridized carbons (Fsp3) is 0.714. The van der Waals surface area contributed by atoms with Crippen molar-refractivity contribution in [2.75, 3.05) is 6.61 Å². The second-order valence-electron chi connectivity index (χ2n) is 7.52. The first-order valence-electron chi connectivity index (χ1n) is 10.3. The first-order chi connectivity index (χ1) is 12.4. The summed E-state index contributed by atoms with van der Waals surface area (Å²) in [4.78, 5) is 0.250. The third-order valence-corrected chi connectivity index (χ3v) is 19.6. The smallest absolute Gasteiger partial charge is 0.0579 e. The van der Waals surface area contributed by atoms with E-state index in [2.05, 4.69) is 20.8 Å². The van der Waals surface area contributed by atoms with E-state index >= 15 is 0 Å². The molecule has 1 rings (SSSR count). The number of benzene rings is 1. The van der Waals surface area contributed by atoms with E-state index < -0.39 is 23.4 Å². The Kier molecular flexibility index (Phi) is 11.1. The third kappa shape index (κ3) is 8.14. The molecule has 0 aliphatic heterocycles. The second-order valence-corrected chi connectivity index (χ2v) is 20.9. The number of unbranched alkanes of at least 4 members (excludes halogenated alkanes) is 5. The summed E-state index contributed by atoms with van der Waals surface area (Å²) in [5.41, 5.74) is 1.04. The molecule has 0 aliphatic carbocycles. The van der Waals surface area contributed by atoms with Crippen molar-refractivity contribution in [1.82, 2.24) is 0 Å². The first kappa shape index (κ1) is 23.7. The minimum absolute atomic E-state index is 0.250. The van der Waals surface area contributed by atoms with Gasteiger partial charge in [-0.3, -0.25) is 0 Å². The van der Waals surface area contributed by atoms with Crippen molar-refractivity contribution in [2.24, 2.45) is 0 Å². The van der Waals surface area contributed by atoms with E-state index in [0.717, 1.165) is 18.4 Å². The third-order valence-electron chi connectivity index (χ3n) is 5.90. The molecule has 26 heavy (non-hydrogen) atoms. The van der Waals surface area contributed by atoms with Crippen LogP contribution in [0.5, 0.6) is 0 Å². The van der Waals surface area contributed by atoms with Crippen molar-refractivity contribution in [3.63, 3.8) is 0 Å².